The van der Waals surface area contributed by atoms with Gasteiger partial charge in [-0.3, -0.25) is 0 Å². The Kier molecular flexibility index (Phi) is 3.39. The van der Waals surface area contributed by atoms with Gasteiger partial charge in [0, 0.05) is 15.5 Å². The van der Waals surface area contributed by atoms with Crippen LogP contribution >= 0.6 is 11.3 Å². The quantitative estimate of drug-likeness (QED) is 0.268. The molecular weight excluding hydrogens is 344 g/mol. The van der Waals surface area contributed by atoms with Crippen molar-refractivity contribution in [2.24, 2.45) is 0 Å². The van der Waals surface area contributed by atoms with Crippen LogP contribution in [0.25, 0.3) is 31.6 Å². The van der Waals surface area contributed by atoms with Crippen molar-refractivity contribution in [1.29, 1.82) is 0 Å². The normalized spacial score (nSPS) is 16.8. The molecule has 4 aromatic carbocycles. The maximum atomic E-state index is 2.43. The van der Waals surface area contributed by atoms with Crippen molar-refractivity contribution in [3.63, 3.8) is 0 Å². The number of rotatable bonds is 1. The van der Waals surface area contributed by atoms with Crippen LogP contribution in [-0.2, 0) is 6.42 Å². The van der Waals surface area contributed by atoms with Gasteiger partial charge in [0.25, 0.3) is 0 Å². The lowest BCUT2D eigenvalue weighted by atomic mass is 9.78. The minimum atomic E-state index is 0.524. The van der Waals surface area contributed by atoms with Crippen LogP contribution in [0.4, 0.5) is 0 Å². The Labute approximate surface area is 163 Å². The van der Waals surface area contributed by atoms with Gasteiger partial charge in [-0.15, -0.1) is 11.3 Å². The summed E-state index contributed by atoms with van der Waals surface area (Å²) in [7, 11) is 0. The Morgan fingerprint density at radius 1 is 0.704 bits per heavy atom. The third-order valence-corrected chi connectivity index (χ3v) is 7.36. The average molecular weight is 365 g/mol. The van der Waals surface area contributed by atoms with Gasteiger partial charge in [0.2, 0.25) is 0 Å². The van der Waals surface area contributed by atoms with Crippen molar-refractivity contribution in [3.8, 4) is 0 Å². The molecule has 0 bridgehead atoms. The lowest BCUT2D eigenvalue weighted by molar-refractivity contribution is 0.627. The first-order valence-corrected chi connectivity index (χ1v) is 10.6. The smallest absolute Gasteiger partial charge is 0.0345 e. The molecule has 5 aromatic rings. The molecule has 0 saturated heterocycles. The van der Waals surface area contributed by atoms with Gasteiger partial charge in [0.1, 0.15) is 0 Å². The van der Waals surface area contributed by atoms with Crippen LogP contribution in [0.1, 0.15) is 34.8 Å². The Morgan fingerprint density at radius 3 is 2.44 bits per heavy atom. The average Bonchev–Trinajstić information content (AvgIpc) is 3.17. The molecule has 0 nitrogen and oxygen atoms in total. The van der Waals surface area contributed by atoms with Crippen molar-refractivity contribution < 1.29 is 0 Å². The summed E-state index contributed by atoms with van der Waals surface area (Å²) >= 11 is 1.98. The minimum Gasteiger partial charge on any atom is -0.140 e. The fourth-order valence-electron chi connectivity index (χ4n) is 4.89. The van der Waals surface area contributed by atoms with Crippen LogP contribution in [0.3, 0.4) is 0 Å². The van der Waals surface area contributed by atoms with E-state index in [-0.39, 0.29) is 0 Å². The number of aryl methyl sites for hydroxylation is 1. The third kappa shape index (κ3) is 2.35. The van der Waals surface area contributed by atoms with Gasteiger partial charge >= 0.3 is 0 Å². The van der Waals surface area contributed by atoms with Gasteiger partial charge in [0.05, 0.1) is 0 Å². The molecule has 1 aliphatic carbocycles. The molecule has 1 aliphatic rings. The van der Waals surface area contributed by atoms with Gasteiger partial charge in [-0.05, 0) is 69.5 Å². The van der Waals surface area contributed by atoms with E-state index in [0.29, 0.717) is 5.92 Å². The van der Waals surface area contributed by atoms with Crippen molar-refractivity contribution in [1.82, 2.24) is 0 Å². The summed E-state index contributed by atoms with van der Waals surface area (Å²) in [6.07, 6.45) is 3.75. The van der Waals surface area contributed by atoms with Crippen molar-refractivity contribution in [2.45, 2.75) is 25.2 Å². The first-order valence-electron chi connectivity index (χ1n) is 9.80. The van der Waals surface area contributed by atoms with Crippen LogP contribution in [0, 0.1) is 0 Å². The fraction of sp³-hybridized carbons (Fsp3) is 0.154. The van der Waals surface area contributed by atoms with Crippen LogP contribution in [0.15, 0.2) is 78.9 Å². The maximum Gasteiger partial charge on any atom is 0.0345 e. The molecule has 1 heterocycles. The lowest BCUT2D eigenvalue weighted by Crippen LogP contribution is -2.10. The molecule has 1 aromatic heterocycles. The highest BCUT2D eigenvalue weighted by Crippen LogP contribution is 2.45. The van der Waals surface area contributed by atoms with Crippen molar-refractivity contribution in [3.05, 3.63) is 94.9 Å². The zero-order valence-corrected chi connectivity index (χ0v) is 15.9. The number of fused-ring (bicyclic) bond motifs is 6. The van der Waals surface area contributed by atoms with Gasteiger partial charge in [0.15, 0.2) is 0 Å². The number of benzene rings is 4. The molecule has 27 heavy (non-hydrogen) atoms. The minimum absolute atomic E-state index is 0.524. The second-order valence-corrected chi connectivity index (χ2v) is 8.77. The zero-order valence-electron chi connectivity index (χ0n) is 15.1. The molecule has 0 N–H and O–H groups in total. The Balaban J connectivity index is 1.64. The monoisotopic (exact) mass is 364 g/mol. The highest BCUT2D eigenvalue weighted by Gasteiger charge is 2.25. The van der Waals surface area contributed by atoms with Gasteiger partial charge in [-0.25, -0.2) is 0 Å². The summed E-state index contributed by atoms with van der Waals surface area (Å²) in [6, 6.07) is 29.4. The Bertz CT molecular complexity index is 1280. The van der Waals surface area contributed by atoms with E-state index in [0.717, 1.165) is 0 Å². The summed E-state index contributed by atoms with van der Waals surface area (Å²) in [5, 5.41) is 6.95. The SMILES string of the molecule is c1ccc2sc(C3CCCc4ccc5c(ccc6ccccc65)c43)cc2c1. The molecule has 1 unspecified atom stereocenters. The van der Waals surface area contributed by atoms with Crippen molar-refractivity contribution >= 4 is 43.0 Å². The van der Waals surface area contributed by atoms with E-state index in [2.05, 4.69) is 78.9 Å². The predicted molar refractivity (Wildman–Crippen MR) is 118 cm³/mol. The van der Waals surface area contributed by atoms with E-state index < -0.39 is 0 Å². The number of hydrogen-bond acceptors (Lipinski definition) is 1. The summed E-state index contributed by atoms with van der Waals surface area (Å²) < 4.78 is 1.41. The Morgan fingerprint density at radius 2 is 1.52 bits per heavy atom. The molecule has 0 radical (unpaired) electrons. The van der Waals surface area contributed by atoms with E-state index in [9.17, 15) is 0 Å². The van der Waals surface area contributed by atoms with E-state index in [1.54, 1.807) is 11.1 Å². The first-order chi connectivity index (χ1) is 13.4. The first kappa shape index (κ1) is 15.4. The van der Waals surface area contributed by atoms with Crippen molar-refractivity contribution in [2.75, 3.05) is 0 Å². The summed E-state index contributed by atoms with van der Waals surface area (Å²) in [6.45, 7) is 0. The lowest BCUT2D eigenvalue weighted by Gasteiger charge is -2.27. The third-order valence-electron chi connectivity index (χ3n) is 6.13. The molecule has 0 spiro atoms. The van der Waals surface area contributed by atoms with E-state index in [1.165, 1.54) is 55.8 Å². The standard InChI is InChI=1S/C26H20S/c1-3-9-20-17(6-1)12-15-22-21(20)14-13-18-8-5-10-23(26(18)22)25-16-19-7-2-4-11-24(19)27-25/h1-4,6-7,9,11-16,23H,5,8,10H2. The van der Waals surface area contributed by atoms with E-state index in [1.807, 2.05) is 11.3 Å². The van der Waals surface area contributed by atoms with Gasteiger partial charge < -0.3 is 0 Å². The molecule has 0 fully saturated rings. The molecule has 0 aliphatic heterocycles. The fourth-order valence-corrected chi connectivity index (χ4v) is 6.10. The molecule has 130 valence electrons. The van der Waals surface area contributed by atoms with Gasteiger partial charge in [-0.1, -0.05) is 66.7 Å². The predicted octanol–water partition coefficient (Wildman–Crippen LogP) is 7.68. The molecule has 0 amide bonds. The number of hydrogen-bond donors (Lipinski definition) is 0. The van der Waals surface area contributed by atoms with E-state index in [4.69, 9.17) is 0 Å². The second-order valence-electron chi connectivity index (χ2n) is 7.65. The maximum absolute atomic E-state index is 2.43. The highest BCUT2D eigenvalue weighted by molar-refractivity contribution is 7.19. The van der Waals surface area contributed by atoms with Crippen LogP contribution in [-0.4, -0.2) is 0 Å². The topological polar surface area (TPSA) is 0 Å². The Hall–Kier alpha value is -2.64. The molecule has 6 rings (SSSR count). The summed E-state index contributed by atoms with van der Waals surface area (Å²) in [4.78, 5) is 1.53. The van der Waals surface area contributed by atoms with E-state index >= 15 is 0 Å². The zero-order chi connectivity index (χ0) is 17.8. The van der Waals surface area contributed by atoms with Crippen LogP contribution in [0.2, 0.25) is 0 Å². The highest BCUT2D eigenvalue weighted by atomic mass is 32.1. The summed E-state index contributed by atoms with van der Waals surface area (Å²) in [5.41, 5.74) is 3.13. The van der Waals surface area contributed by atoms with Crippen LogP contribution < -0.4 is 0 Å². The second kappa shape index (κ2) is 5.94. The van der Waals surface area contributed by atoms with Gasteiger partial charge in [-0.2, -0.15) is 0 Å². The largest absolute Gasteiger partial charge is 0.140 e. The molecule has 1 atom stereocenters. The van der Waals surface area contributed by atoms with Crippen LogP contribution in [0.5, 0.6) is 0 Å². The summed E-state index contributed by atoms with van der Waals surface area (Å²) in [5.74, 6) is 0.524. The number of thiophene rings is 1. The molecule has 0 saturated carbocycles. The molecular formula is C26H20S. The molecule has 1 heteroatoms.